The van der Waals surface area contributed by atoms with Gasteiger partial charge in [0.05, 0.1) is 5.69 Å². The molecular formula is C14H9Cl2N3S. The van der Waals surface area contributed by atoms with E-state index in [4.69, 9.17) is 35.4 Å². The van der Waals surface area contributed by atoms with Crippen molar-refractivity contribution in [2.75, 3.05) is 0 Å². The van der Waals surface area contributed by atoms with Crippen molar-refractivity contribution < 1.29 is 0 Å². The molecule has 0 spiro atoms. The zero-order valence-corrected chi connectivity index (χ0v) is 12.5. The van der Waals surface area contributed by atoms with Gasteiger partial charge in [-0.25, -0.2) is 0 Å². The summed E-state index contributed by atoms with van der Waals surface area (Å²) in [6, 6.07) is 14.9. The molecule has 1 aromatic heterocycles. The summed E-state index contributed by atoms with van der Waals surface area (Å²) in [5.41, 5.74) is 1.78. The van der Waals surface area contributed by atoms with Crippen molar-refractivity contribution in [3.63, 3.8) is 0 Å². The number of benzene rings is 2. The molecule has 0 aliphatic carbocycles. The number of hydrogen-bond donors (Lipinski definition) is 1. The molecule has 0 amide bonds. The van der Waals surface area contributed by atoms with E-state index in [1.54, 1.807) is 0 Å². The summed E-state index contributed by atoms with van der Waals surface area (Å²) < 4.78 is 2.35. The van der Waals surface area contributed by atoms with Crippen LogP contribution < -0.4 is 0 Å². The molecule has 3 rings (SSSR count). The van der Waals surface area contributed by atoms with Gasteiger partial charge in [0.25, 0.3) is 0 Å². The minimum absolute atomic E-state index is 0.511. The van der Waals surface area contributed by atoms with Crippen LogP contribution in [0.5, 0.6) is 0 Å². The fourth-order valence-corrected chi connectivity index (χ4v) is 2.49. The minimum Gasteiger partial charge on any atom is -0.268 e. The van der Waals surface area contributed by atoms with Gasteiger partial charge in [0.1, 0.15) is 0 Å². The van der Waals surface area contributed by atoms with E-state index >= 15 is 0 Å². The fraction of sp³-hybridized carbons (Fsp3) is 0. The van der Waals surface area contributed by atoms with E-state index in [0.29, 0.717) is 20.6 Å². The molecule has 0 bridgehead atoms. The standard InChI is InChI=1S/C14H9Cl2N3S/c15-10-6-4-9(5-7-10)13-17-18-14(20)19(13)12-3-1-2-11(16)8-12/h1-8H,(H,18,20). The van der Waals surface area contributed by atoms with Crippen LogP contribution in [0.4, 0.5) is 0 Å². The Morgan fingerprint density at radius 2 is 1.75 bits per heavy atom. The third-order valence-corrected chi connectivity index (χ3v) is 3.60. The topological polar surface area (TPSA) is 33.6 Å². The fourth-order valence-electron chi connectivity index (χ4n) is 1.94. The number of nitrogens with zero attached hydrogens (tertiary/aromatic N) is 2. The lowest BCUT2D eigenvalue weighted by atomic mass is 10.2. The van der Waals surface area contributed by atoms with Gasteiger partial charge >= 0.3 is 0 Å². The van der Waals surface area contributed by atoms with E-state index in [1.807, 2.05) is 53.1 Å². The monoisotopic (exact) mass is 321 g/mol. The lowest BCUT2D eigenvalue weighted by molar-refractivity contribution is 1.04. The molecule has 3 nitrogen and oxygen atoms in total. The van der Waals surface area contributed by atoms with Gasteiger partial charge in [0.15, 0.2) is 10.6 Å². The number of aromatic nitrogens is 3. The van der Waals surface area contributed by atoms with Crippen molar-refractivity contribution in [2.45, 2.75) is 0 Å². The predicted molar refractivity (Wildman–Crippen MR) is 84.2 cm³/mol. The normalized spacial score (nSPS) is 10.7. The number of H-pyrrole nitrogens is 1. The second kappa shape index (κ2) is 5.40. The minimum atomic E-state index is 0.511. The summed E-state index contributed by atoms with van der Waals surface area (Å²) in [6.45, 7) is 0. The van der Waals surface area contributed by atoms with Gasteiger partial charge in [-0.05, 0) is 54.7 Å². The lowest BCUT2D eigenvalue weighted by Crippen LogP contribution is -1.97. The molecule has 0 saturated heterocycles. The first kappa shape index (κ1) is 13.4. The smallest absolute Gasteiger partial charge is 0.200 e. The molecule has 0 aliphatic heterocycles. The van der Waals surface area contributed by atoms with Crippen molar-refractivity contribution in [3.8, 4) is 17.1 Å². The zero-order chi connectivity index (χ0) is 14.1. The molecular weight excluding hydrogens is 313 g/mol. The molecule has 3 aromatic rings. The van der Waals surface area contributed by atoms with Gasteiger partial charge in [0, 0.05) is 15.6 Å². The van der Waals surface area contributed by atoms with Crippen molar-refractivity contribution in [2.24, 2.45) is 0 Å². The highest BCUT2D eigenvalue weighted by Crippen LogP contribution is 2.24. The maximum absolute atomic E-state index is 6.04. The Morgan fingerprint density at radius 1 is 1.00 bits per heavy atom. The van der Waals surface area contributed by atoms with Crippen molar-refractivity contribution in [3.05, 3.63) is 63.3 Å². The van der Waals surface area contributed by atoms with Crippen LogP contribution in [-0.2, 0) is 0 Å². The predicted octanol–water partition coefficient (Wildman–Crippen LogP) is 4.90. The number of hydrogen-bond acceptors (Lipinski definition) is 2. The number of aromatic amines is 1. The van der Waals surface area contributed by atoms with Gasteiger partial charge in [-0.3, -0.25) is 9.67 Å². The van der Waals surface area contributed by atoms with Crippen molar-refractivity contribution in [1.29, 1.82) is 0 Å². The van der Waals surface area contributed by atoms with Crippen molar-refractivity contribution in [1.82, 2.24) is 14.8 Å². The molecule has 0 unspecified atom stereocenters. The molecule has 0 radical (unpaired) electrons. The van der Waals surface area contributed by atoms with E-state index in [0.717, 1.165) is 11.3 Å². The second-order valence-corrected chi connectivity index (χ2v) is 5.43. The molecule has 0 fully saturated rings. The van der Waals surface area contributed by atoms with Crippen LogP contribution in [0.1, 0.15) is 0 Å². The molecule has 0 atom stereocenters. The van der Waals surface area contributed by atoms with Gasteiger partial charge < -0.3 is 0 Å². The molecule has 0 aliphatic rings. The molecule has 2 aromatic carbocycles. The highest BCUT2D eigenvalue weighted by Gasteiger charge is 2.10. The molecule has 1 heterocycles. The first-order valence-electron chi connectivity index (χ1n) is 5.84. The molecule has 0 saturated carbocycles. The van der Waals surface area contributed by atoms with E-state index in [-0.39, 0.29) is 0 Å². The Bertz CT molecular complexity index is 806. The summed E-state index contributed by atoms with van der Waals surface area (Å²) in [6.07, 6.45) is 0. The zero-order valence-electron chi connectivity index (χ0n) is 10.2. The Labute approximate surface area is 130 Å². The number of nitrogens with one attached hydrogen (secondary N) is 1. The average Bonchev–Trinajstić information content (AvgIpc) is 2.81. The highest BCUT2D eigenvalue weighted by atomic mass is 35.5. The Hall–Kier alpha value is -1.62. The van der Waals surface area contributed by atoms with Gasteiger partial charge in [0.2, 0.25) is 0 Å². The summed E-state index contributed by atoms with van der Waals surface area (Å²) in [5.74, 6) is 0.717. The largest absolute Gasteiger partial charge is 0.268 e. The molecule has 100 valence electrons. The van der Waals surface area contributed by atoms with Crippen molar-refractivity contribution >= 4 is 35.4 Å². The van der Waals surface area contributed by atoms with Crippen LogP contribution in [0.25, 0.3) is 17.1 Å². The first-order chi connectivity index (χ1) is 9.65. The van der Waals surface area contributed by atoms with Crippen LogP contribution in [-0.4, -0.2) is 14.8 Å². The summed E-state index contributed by atoms with van der Waals surface area (Å²) in [5, 5.41) is 8.41. The molecule has 1 N–H and O–H groups in total. The quantitative estimate of drug-likeness (QED) is 0.681. The third kappa shape index (κ3) is 2.50. The van der Waals surface area contributed by atoms with Crippen LogP contribution >= 0.6 is 35.4 Å². The third-order valence-electron chi connectivity index (χ3n) is 2.84. The van der Waals surface area contributed by atoms with Crippen LogP contribution in [0, 0.1) is 4.77 Å². The molecule has 6 heteroatoms. The Balaban J connectivity index is 2.20. The number of rotatable bonds is 2. The van der Waals surface area contributed by atoms with Crippen LogP contribution in [0.15, 0.2) is 48.5 Å². The van der Waals surface area contributed by atoms with E-state index in [1.165, 1.54) is 0 Å². The van der Waals surface area contributed by atoms with E-state index in [9.17, 15) is 0 Å². The maximum Gasteiger partial charge on any atom is 0.200 e. The van der Waals surface area contributed by atoms with Gasteiger partial charge in [-0.2, -0.15) is 5.10 Å². The van der Waals surface area contributed by atoms with Crippen LogP contribution in [0.3, 0.4) is 0 Å². The summed E-state index contributed by atoms with van der Waals surface area (Å²) in [4.78, 5) is 0. The first-order valence-corrected chi connectivity index (χ1v) is 7.01. The maximum atomic E-state index is 6.04. The van der Waals surface area contributed by atoms with E-state index in [2.05, 4.69) is 10.2 Å². The average molecular weight is 322 g/mol. The van der Waals surface area contributed by atoms with E-state index < -0.39 is 0 Å². The highest BCUT2D eigenvalue weighted by molar-refractivity contribution is 7.71. The summed E-state index contributed by atoms with van der Waals surface area (Å²) in [7, 11) is 0. The Morgan fingerprint density at radius 3 is 2.45 bits per heavy atom. The van der Waals surface area contributed by atoms with Gasteiger partial charge in [-0.15, -0.1) is 0 Å². The molecule has 20 heavy (non-hydrogen) atoms. The number of halogens is 2. The Kier molecular flexibility index (Phi) is 3.61. The van der Waals surface area contributed by atoms with Gasteiger partial charge in [-0.1, -0.05) is 29.3 Å². The lowest BCUT2D eigenvalue weighted by Gasteiger charge is -2.07. The SMILES string of the molecule is S=c1[nH]nc(-c2ccc(Cl)cc2)n1-c1cccc(Cl)c1. The second-order valence-electron chi connectivity index (χ2n) is 4.17. The van der Waals surface area contributed by atoms with Crippen LogP contribution in [0.2, 0.25) is 10.0 Å². The summed E-state index contributed by atoms with van der Waals surface area (Å²) >= 11 is 17.2.